The Hall–Kier alpha value is -1.02. The Labute approximate surface area is 117 Å². The normalized spacial score (nSPS) is 24.8. The van der Waals surface area contributed by atoms with Crippen LogP contribution < -0.4 is 10.6 Å². The van der Waals surface area contributed by atoms with Gasteiger partial charge in [-0.3, -0.25) is 0 Å². The van der Waals surface area contributed by atoms with Crippen LogP contribution in [0.25, 0.3) is 0 Å². The van der Waals surface area contributed by atoms with Crippen LogP contribution in [0.1, 0.15) is 50.7 Å². The molecular weight excluding hydrogens is 232 g/mol. The molecule has 1 aliphatic carbocycles. The summed E-state index contributed by atoms with van der Waals surface area (Å²) >= 11 is 0. The van der Waals surface area contributed by atoms with Crippen LogP contribution >= 0.6 is 0 Å². The van der Waals surface area contributed by atoms with Gasteiger partial charge in [-0.15, -0.1) is 0 Å². The molecule has 104 valence electrons. The van der Waals surface area contributed by atoms with Gasteiger partial charge in [-0.05, 0) is 42.2 Å². The van der Waals surface area contributed by atoms with Crippen molar-refractivity contribution in [3.8, 4) is 0 Å². The third-order valence-electron chi connectivity index (χ3n) is 4.96. The molecule has 3 rings (SSSR count). The van der Waals surface area contributed by atoms with E-state index in [9.17, 15) is 0 Å². The average Bonchev–Trinajstić information content (AvgIpc) is 2.75. The van der Waals surface area contributed by atoms with Crippen LogP contribution in [0.2, 0.25) is 0 Å². The number of hydrogen-bond acceptors (Lipinski definition) is 2. The van der Waals surface area contributed by atoms with E-state index >= 15 is 0 Å². The maximum absolute atomic E-state index is 3.80. The van der Waals surface area contributed by atoms with Gasteiger partial charge in [-0.1, -0.05) is 38.5 Å². The third-order valence-corrected chi connectivity index (χ3v) is 4.96. The van der Waals surface area contributed by atoms with Gasteiger partial charge < -0.3 is 10.6 Å². The quantitative estimate of drug-likeness (QED) is 0.863. The zero-order chi connectivity index (χ0) is 13.3. The Bertz CT molecular complexity index is 451. The zero-order valence-corrected chi connectivity index (χ0v) is 12.3. The van der Waals surface area contributed by atoms with Crippen molar-refractivity contribution in [2.75, 3.05) is 11.9 Å². The van der Waals surface area contributed by atoms with Crippen LogP contribution in [0.4, 0.5) is 5.69 Å². The van der Waals surface area contributed by atoms with Crippen molar-refractivity contribution in [3.63, 3.8) is 0 Å². The van der Waals surface area contributed by atoms with Crippen LogP contribution in [-0.2, 0) is 13.0 Å². The van der Waals surface area contributed by atoms with Crippen LogP contribution in [0.5, 0.6) is 0 Å². The maximum atomic E-state index is 3.80. The van der Waals surface area contributed by atoms with Gasteiger partial charge in [0, 0.05) is 24.8 Å². The summed E-state index contributed by atoms with van der Waals surface area (Å²) in [6.45, 7) is 6.93. The number of para-hydroxylation sites is 1. The molecule has 1 unspecified atom stereocenters. The molecule has 0 bridgehead atoms. The number of aryl methyl sites for hydroxylation is 1. The molecule has 19 heavy (non-hydrogen) atoms. The fourth-order valence-corrected chi connectivity index (χ4v) is 3.67. The van der Waals surface area contributed by atoms with Gasteiger partial charge in [-0.2, -0.15) is 0 Å². The van der Waals surface area contributed by atoms with Crippen LogP contribution in [0.15, 0.2) is 18.2 Å². The topological polar surface area (TPSA) is 24.1 Å². The van der Waals surface area contributed by atoms with Crippen LogP contribution in [-0.4, -0.2) is 12.6 Å². The smallest absolute Gasteiger partial charge is 0.0418 e. The molecule has 2 nitrogen and oxygen atoms in total. The van der Waals surface area contributed by atoms with Crippen molar-refractivity contribution in [2.45, 2.75) is 58.5 Å². The molecule has 1 aromatic rings. The predicted octanol–water partition coefficient (Wildman–Crippen LogP) is 3.71. The molecule has 1 aromatic carbocycles. The lowest BCUT2D eigenvalue weighted by Gasteiger charge is -2.29. The SMILES string of the molecule is CC1(C)CCCC1NCc1cccc2c1NCCC2. The summed E-state index contributed by atoms with van der Waals surface area (Å²) in [5.74, 6) is 0. The molecule has 0 radical (unpaired) electrons. The van der Waals surface area contributed by atoms with E-state index in [-0.39, 0.29) is 0 Å². The molecule has 0 amide bonds. The summed E-state index contributed by atoms with van der Waals surface area (Å²) in [6, 6.07) is 7.42. The van der Waals surface area contributed by atoms with Gasteiger partial charge >= 0.3 is 0 Å². The van der Waals surface area contributed by atoms with E-state index in [0.29, 0.717) is 11.5 Å². The fraction of sp³-hybridized carbons (Fsp3) is 0.647. The second-order valence-corrected chi connectivity index (χ2v) is 6.80. The highest BCUT2D eigenvalue weighted by molar-refractivity contribution is 5.59. The minimum absolute atomic E-state index is 0.461. The molecule has 1 saturated carbocycles. The largest absolute Gasteiger partial charge is 0.385 e. The monoisotopic (exact) mass is 258 g/mol. The van der Waals surface area contributed by atoms with Crippen molar-refractivity contribution in [3.05, 3.63) is 29.3 Å². The van der Waals surface area contributed by atoms with Gasteiger partial charge in [0.25, 0.3) is 0 Å². The Morgan fingerprint density at radius 2 is 2.21 bits per heavy atom. The molecule has 1 fully saturated rings. The number of benzene rings is 1. The lowest BCUT2D eigenvalue weighted by molar-refractivity contribution is 0.282. The van der Waals surface area contributed by atoms with Gasteiger partial charge in [0.15, 0.2) is 0 Å². The number of fused-ring (bicyclic) bond motifs is 1. The molecular formula is C17H26N2. The van der Waals surface area contributed by atoms with Crippen molar-refractivity contribution in [1.29, 1.82) is 0 Å². The van der Waals surface area contributed by atoms with Gasteiger partial charge in [0.05, 0.1) is 0 Å². The number of anilines is 1. The van der Waals surface area contributed by atoms with E-state index < -0.39 is 0 Å². The first kappa shape index (κ1) is 13.0. The minimum Gasteiger partial charge on any atom is -0.385 e. The van der Waals surface area contributed by atoms with Crippen molar-refractivity contribution in [1.82, 2.24) is 5.32 Å². The lowest BCUT2D eigenvalue weighted by atomic mass is 9.87. The Morgan fingerprint density at radius 1 is 1.32 bits per heavy atom. The highest BCUT2D eigenvalue weighted by atomic mass is 15.0. The van der Waals surface area contributed by atoms with Gasteiger partial charge in [-0.25, -0.2) is 0 Å². The summed E-state index contributed by atoms with van der Waals surface area (Å²) in [5, 5.41) is 7.39. The van der Waals surface area contributed by atoms with Crippen LogP contribution in [0, 0.1) is 5.41 Å². The molecule has 2 heteroatoms. The highest BCUT2D eigenvalue weighted by Crippen LogP contribution is 2.37. The second kappa shape index (κ2) is 5.16. The highest BCUT2D eigenvalue weighted by Gasteiger charge is 2.33. The lowest BCUT2D eigenvalue weighted by Crippen LogP contribution is -2.37. The average molecular weight is 258 g/mol. The summed E-state index contributed by atoms with van der Waals surface area (Å²) in [4.78, 5) is 0. The Kier molecular flexibility index (Phi) is 3.53. The van der Waals surface area contributed by atoms with E-state index in [1.54, 1.807) is 0 Å². The molecule has 2 N–H and O–H groups in total. The zero-order valence-electron chi connectivity index (χ0n) is 12.3. The van der Waals surface area contributed by atoms with Crippen molar-refractivity contribution in [2.24, 2.45) is 5.41 Å². The summed E-state index contributed by atoms with van der Waals surface area (Å²) in [5.41, 5.74) is 4.80. The van der Waals surface area contributed by atoms with Crippen molar-refractivity contribution >= 4 is 5.69 Å². The van der Waals surface area contributed by atoms with E-state index in [2.05, 4.69) is 42.7 Å². The first-order valence-corrected chi connectivity index (χ1v) is 7.75. The number of rotatable bonds is 3. The molecule has 1 heterocycles. The van der Waals surface area contributed by atoms with E-state index in [4.69, 9.17) is 0 Å². The molecule has 0 spiro atoms. The number of hydrogen-bond donors (Lipinski definition) is 2. The van der Waals surface area contributed by atoms with E-state index in [1.165, 1.54) is 48.9 Å². The third kappa shape index (κ3) is 2.64. The van der Waals surface area contributed by atoms with E-state index in [0.717, 1.165) is 13.1 Å². The predicted molar refractivity (Wildman–Crippen MR) is 81.5 cm³/mol. The fourth-order valence-electron chi connectivity index (χ4n) is 3.67. The first-order valence-electron chi connectivity index (χ1n) is 7.75. The molecule has 1 aliphatic heterocycles. The molecule has 0 saturated heterocycles. The van der Waals surface area contributed by atoms with Gasteiger partial charge in [0.1, 0.15) is 0 Å². The molecule has 1 atom stereocenters. The summed E-state index contributed by atoms with van der Waals surface area (Å²) in [7, 11) is 0. The maximum Gasteiger partial charge on any atom is 0.0418 e. The van der Waals surface area contributed by atoms with E-state index in [1.807, 2.05) is 0 Å². The standard InChI is InChI=1S/C17H26N2/c1-17(2)10-4-9-15(17)19-12-14-7-3-6-13-8-5-11-18-16(13)14/h3,6-7,15,18-19H,4-5,8-12H2,1-2H3. The van der Waals surface area contributed by atoms with Crippen LogP contribution in [0.3, 0.4) is 0 Å². The Balaban J connectivity index is 1.70. The van der Waals surface area contributed by atoms with Crippen molar-refractivity contribution < 1.29 is 0 Å². The molecule has 2 aliphatic rings. The Morgan fingerprint density at radius 3 is 3.00 bits per heavy atom. The summed E-state index contributed by atoms with van der Waals surface area (Å²) < 4.78 is 0. The second-order valence-electron chi connectivity index (χ2n) is 6.80. The number of nitrogens with one attached hydrogen (secondary N) is 2. The summed E-state index contributed by atoms with van der Waals surface area (Å²) in [6.07, 6.45) is 6.55. The van der Waals surface area contributed by atoms with Gasteiger partial charge in [0.2, 0.25) is 0 Å². The molecule has 0 aromatic heterocycles. The minimum atomic E-state index is 0.461. The first-order chi connectivity index (χ1) is 9.17.